The summed E-state index contributed by atoms with van der Waals surface area (Å²) in [7, 11) is 5.90. The van der Waals surface area contributed by atoms with Crippen LogP contribution in [0.3, 0.4) is 0 Å². The Morgan fingerprint density at radius 2 is 2.08 bits per heavy atom. The van der Waals surface area contributed by atoms with Crippen LogP contribution in [0.5, 0.6) is 5.75 Å². The van der Waals surface area contributed by atoms with E-state index in [2.05, 4.69) is 63.2 Å². The lowest BCUT2D eigenvalue weighted by atomic mass is 10.1. The molecule has 0 unspecified atom stereocenters. The summed E-state index contributed by atoms with van der Waals surface area (Å²) in [5.74, 6) is 4.15. The van der Waals surface area contributed by atoms with E-state index in [1.807, 2.05) is 19.2 Å². The van der Waals surface area contributed by atoms with Crippen molar-refractivity contribution in [2.75, 3.05) is 27.2 Å². The summed E-state index contributed by atoms with van der Waals surface area (Å²) in [6.45, 7) is 1.92. The third-order valence-corrected chi connectivity index (χ3v) is 3.97. The van der Waals surface area contributed by atoms with Crippen molar-refractivity contribution in [2.45, 2.75) is 13.0 Å². The fourth-order valence-electron chi connectivity index (χ4n) is 2.56. The Kier molecular flexibility index (Phi) is 6.97. The lowest BCUT2D eigenvalue weighted by molar-refractivity contribution is 0.370. The molecular weight excluding hydrogens is 312 g/mol. The molecule has 2 aromatic rings. The van der Waals surface area contributed by atoms with Gasteiger partial charge in [-0.15, -0.1) is 6.42 Å². The van der Waals surface area contributed by atoms with Gasteiger partial charge in [-0.3, -0.25) is 4.99 Å². The van der Waals surface area contributed by atoms with Crippen molar-refractivity contribution in [1.82, 2.24) is 14.8 Å². The zero-order chi connectivity index (χ0) is 18.1. The Labute approximate surface area is 150 Å². The van der Waals surface area contributed by atoms with Crippen molar-refractivity contribution in [3.63, 3.8) is 0 Å². The fraction of sp³-hybridized carbons (Fsp3) is 0.350. The molecule has 0 saturated carbocycles. The number of guanidine groups is 1. The smallest absolute Gasteiger partial charge is 0.193 e. The molecule has 0 saturated heterocycles. The molecule has 0 radical (unpaired) electrons. The van der Waals surface area contributed by atoms with Crippen molar-refractivity contribution in [3.8, 4) is 18.1 Å². The molecule has 0 aliphatic rings. The largest absolute Gasteiger partial charge is 0.481 e. The van der Waals surface area contributed by atoms with Crippen molar-refractivity contribution in [2.24, 2.45) is 12.0 Å². The van der Waals surface area contributed by atoms with E-state index in [4.69, 9.17) is 11.2 Å². The molecule has 5 heteroatoms. The van der Waals surface area contributed by atoms with Gasteiger partial charge < -0.3 is 19.5 Å². The number of aryl methyl sites for hydroxylation is 1. The topological polar surface area (TPSA) is 41.8 Å². The van der Waals surface area contributed by atoms with Crippen LogP contribution in [-0.4, -0.2) is 42.7 Å². The number of rotatable bonds is 7. The first-order valence-corrected chi connectivity index (χ1v) is 8.31. The van der Waals surface area contributed by atoms with Gasteiger partial charge in [0.15, 0.2) is 5.96 Å². The Morgan fingerprint density at radius 1 is 1.32 bits per heavy atom. The Bertz CT molecular complexity index is 725. The molecule has 0 aliphatic heterocycles. The van der Waals surface area contributed by atoms with Crippen LogP contribution in [-0.2, 0) is 20.0 Å². The molecule has 0 atom stereocenters. The number of ether oxygens (including phenoxy) is 1. The van der Waals surface area contributed by atoms with Crippen LogP contribution in [0.4, 0.5) is 0 Å². The number of aromatic nitrogens is 1. The molecule has 1 aromatic carbocycles. The number of benzene rings is 1. The maximum Gasteiger partial charge on any atom is 0.193 e. The Morgan fingerprint density at radius 3 is 2.68 bits per heavy atom. The lowest BCUT2D eigenvalue weighted by Crippen LogP contribution is -2.39. The highest BCUT2D eigenvalue weighted by molar-refractivity contribution is 5.79. The molecule has 0 aliphatic carbocycles. The van der Waals surface area contributed by atoms with Gasteiger partial charge in [-0.2, -0.15) is 0 Å². The zero-order valence-electron chi connectivity index (χ0n) is 15.2. The summed E-state index contributed by atoms with van der Waals surface area (Å²) in [6.07, 6.45) is 8.15. The van der Waals surface area contributed by atoms with E-state index in [-0.39, 0.29) is 0 Å². The van der Waals surface area contributed by atoms with E-state index in [1.165, 1.54) is 11.3 Å². The van der Waals surface area contributed by atoms with Crippen LogP contribution in [0.15, 0.2) is 47.6 Å². The van der Waals surface area contributed by atoms with Gasteiger partial charge in [-0.25, -0.2) is 0 Å². The van der Waals surface area contributed by atoms with Crippen LogP contribution < -0.4 is 10.1 Å². The monoisotopic (exact) mass is 338 g/mol. The molecule has 0 spiro atoms. The zero-order valence-corrected chi connectivity index (χ0v) is 15.2. The molecule has 1 aromatic heterocycles. The van der Waals surface area contributed by atoms with E-state index in [0.717, 1.165) is 31.2 Å². The minimum Gasteiger partial charge on any atom is -0.481 e. The summed E-state index contributed by atoms with van der Waals surface area (Å²) < 4.78 is 7.50. The second-order valence-electron chi connectivity index (χ2n) is 5.83. The highest BCUT2D eigenvalue weighted by Gasteiger charge is 2.08. The molecule has 0 amide bonds. The third kappa shape index (κ3) is 5.61. The maximum atomic E-state index is 5.38. The van der Waals surface area contributed by atoms with Gasteiger partial charge >= 0.3 is 0 Å². The molecule has 5 nitrogen and oxygen atoms in total. The number of nitrogens with zero attached hydrogens (tertiary/aromatic N) is 3. The first-order chi connectivity index (χ1) is 12.1. The average Bonchev–Trinajstić information content (AvgIpc) is 3.02. The number of nitrogens with one attached hydrogen (secondary N) is 1. The van der Waals surface area contributed by atoms with Gasteiger partial charge in [0.05, 0.1) is 6.54 Å². The van der Waals surface area contributed by atoms with E-state index >= 15 is 0 Å². The Balaban J connectivity index is 1.80. The second-order valence-corrected chi connectivity index (χ2v) is 5.83. The molecule has 132 valence electrons. The SMILES string of the molecule is C#CCOc1ccc(CCNC(=NC)N(C)Cc2cccn2C)cc1. The van der Waals surface area contributed by atoms with Crippen molar-refractivity contribution < 1.29 is 4.74 Å². The summed E-state index contributed by atoms with van der Waals surface area (Å²) in [5, 5.41) is 3.41. The maximum absolute atomic E-state index is 5.38. The van der Waals surface area contributed by atoms with Gasteiger partial charge in [0.2, 0.25) is 0 Å². The van der Waals surface area contributed by atoms with Crippen molar-refractivity contribution in [1.29, 1.82) is 0 Å². The first-order valence-electron chi connectivity index (χ1n) is 8.31. The number of terminal acetylenes is 1. The number of aliphatic imine (C=N–C) groups is 1. The van der Waals surface area contributed by atoms with Crippen molar-refractivity contribution in [3.05, 3.63) is 53.9 Å². The van der Waals surface area contributed by atoms with Gasteiger partial charge in [-0.05, 0) is 36.2 Å². The number of hydrogen-bond donors (Lipinski definition) is 1. The molecule has 0 fully saturated rings. The fourth-order valence-corrected chi connectivity index (χ4v) is 2.56. The predicted molar refractivity (Wildman–Crippen MR) is 103 cm³/mol. The second kappa shape index (κ2) is 9.43. The van der Waals surface area contributed by atoms with Gasteiger partial charge in [0, 0.05) is 39.6 Å². The standard InChI is InChI=1S/C20H26N4O/c1-5-15-25-19-10-8-17(9-11-19)12-13-22-20(21-2)24(4)16-18-7-6-14-23(18)3/h1,6-11,14H,12-13,15-16H2,2-4H3,(H,21,22). The molecule has 1 N–H and O–H groups in total. The van der Waals surface area contributed by atoms with Gasteiger partial charge in [-0.1, -0.05) is 18.1 Å². The summed E-state index contributed by atoms with van der Waals surface area (Å²) in [4.78, 5) is 6.48. The summed E-state index contributed by atoms with van der Waals surface area (Å²) >= 11 is 0. The first kappa shape index (κ1) is 18.5. The minimum absolute atomic E-state index is 0.296. The summed E-state index contributed by atoms with van der Waals surface area (Å²) in [6, 6.07) is 12.2. The predicted octanol–water partition coefficient (Wildman–Crippen LogP) is 2.29. The van der Waals surface area contributed by atoms with Crippen LogP contribution in [0.2, 0.25) is 0 Å². The van der Waals surface area contributed by atoms with Crippen LogP contribution in [0, 0.1) is 12.3 Å². The average molecular weight is 338 g/mol. The molecule has 2 rings (SSSR count). The van der Waals surface area contributed by atoms with Crippen LogP contribution in [0.25, 0.3) is 0 Å². The summed E-state index contributed by atoms with van der Waals surface area (Å²) in [5.41, 5.74) is 2.48. The van der Waals surface area contributed by atoms with E-state index < -0.39 is 0 Å². The third-order valence-electron chi connectivity index (χ3n) is 3.97. The Hall–Kier alpha value is -2.87. The van der Waals surface area contributed by atoms with Crippen LogP contribution >= 0.6 is 0 Å². The van der Waals surface area contributed by atoms with Crippen LogP contribution in [0.1, 0.15) is 11.3 Å². The quantitative estimate of drug-likeness (QED) is 0.478. The van der Waals surface area contributed by atoms with Gasteiger partial charge in [0.1, 0.15) is 12.4 Å². The number of hydrogen-bond acceptors (Lipinski definition) is 2. The molecular formula is C20H26N4O. The van der Waals surface area contributed by atoms with Gasteiger partial charge in [0.25, 0.3) is 0 Å². The van der Waals surface area contributed by atoms with Crippen molar-refractivity contribution >= 4 is 5.96 Å². The van der Waals surface area contributed by atoms with E-state index in [1.54, 1.807) is 7.05 Å². The molecule has 25 heavy (non-hydrogen) atoms. The molecule has 0 bridgehead atoms. The van der Waals surface area contributed by atoms with E-state index in [9.17, 15) is 0 Å². The highest BCUT2D eigenvalue weighted by Crippen LogP contribution is 2.12. The highest BCUT2D eigenvalue weighted by atomic mass is 16.5. The minimum atomic E-state index is 0.296. The van der Waals surface area contributed by atoms with E-state index in [0.29, 0.717) is 6.61 Å². The normalized spacial score (nSPS) is 11.0. The lowest BCUT2D eigenvalue weighted by Gasteiger charge is -2.22. The molecule has 1 heterocycles.